The lowest BCUT2D eigenvalue weighted by Gasteiger charge is -2.43. The van der Waals surface area contributed by atoms with Gasteiger partial charge in [-0.3, -0.25) is 24.1 Å². The first-order valence-corrected chi connectivity index (χ1v) is 18.4. The molecule has 8 rings (SSSR count). The van der Waals surface area contributed by atoms with Crippen LogP contribution in [0.5, 0.6) is 5.75 Å². The number of alkyl halides is 3. The summed E-state index contributed by atoms with van der Waals surface area (Å²) in [5, 5.41) is 3.16. The number of nitrogens with zero attached hydrogens (tertiary/aromatic N) is 1. The molecule has 2 aliphatic heterocycles. The van der Waals surface area contributed by atoms with Crippen LogP contribution in [-0.4, -0.2) is 47.1 Å². The Hall–Kier alpha value is -4.89. The van der Waals surface area contributed by atoms with Crippen molar-refractivity contribution in [1.29, 1.82) is 0 Å². The Labute approximate surface area is 302 Å². The van der Waals surface area contributed by atoms with E-state index in [0.717, 1.165) is 38.9 Å². The second-order valence-electron chi connectivity index (χ2n) is 13.2. The van der Waals surface area contributed by atoms with Crippen LogP contribution in [0.25, 0.3) is 0 Å². The number of aromatic amines is 1. The Morgan fingerprint density at radius 2 is 1.67 bits per heavy atom. The molecule has 4 aliphatic rings. The molecule has 2 saturated carbocycles. The lowest BCUT2D eigenvalue weighted by molar-refractivity contribution is -0.137. The van der Waals surface area contributed by atoms with E-state index < -0.39 is 42.1 Å². The number of H-pyrrole nitrogens is 1. The van der Waals surface area contributed by atoms with Gasteiger partial charge in [-0.05, 0) is 91.3 Å². The van der Waals surface area contributed by atoms with Gasteiger partial charge in [0.1, 0.15) is 5.75 Å². The van der Waals surface area contributed by atoms with E-state index in [2.05, 4.69) is 10.3 Å². The van der Waals surface area contributed by atoms with E-state index in [4.69, 9.17) is 9.47 Å². The van der Waals surface area contributed by atoms with Gasteiger partial charge in [0.2, 0.25) is 11.8 Å². The van der Waals surface area contributed by atoms with Crippen molar-refractivity contribution in [3.63, 3.8) is 0 Å². The highest BCUT2D eigenvalue weighted by Gasteiger charge is 2.69. The first-order valence-electron chi connectivity index (χ1n) is 16.7. The molecule has 268 valence electrons. The minimum Gasteiger partial charge on any atom is -0.484 e. The molecule has 3 aromatic carbocycles. The van der Waals surface area contributed by atoms with Crippen molar-refractivity contribution in [3.05, 3.63) is 104 Å². The number of nitrogens with one attached hydrogen (secondary N) is 2. The van der Waals surface area contributed by atoms with Gasteiger partial charge in [0, 0.05) is 21.7 Å². The SMILES string of the molecule is CCOC(=O)c1ccc(N2C(=O)C3C(C2=O)[C@@H]2C[C@H]3C3Sc4[nH]c(=O)sc4[C@H](c4ccc(OCC(=O)Nc5cccc(C(F)(F)F)c5)cc4)C32)cc1. The summed E-state index contributed by atoms with van der Waals surface area (Å²) in [6, 6.07) is 17.7. The molecule has 4 unspecified atom stereocenters. The summed E-state index contributed by atoms with van der Waals surface area (Å²) in [6.45, 7) is 1.50. The van der Waals surface area contributed by atoms with Crippen LogP contribution in [0, 0.1) is 29.6 Å². The summed E-state index contributed by atoms with van der Waals surface area (Å²) in [6.07, 6.45) is -3.83. The van der Waals surface area contributed by atoms with E-state index in [9.17, 15) is 37.1 Å². The number of anilines is 2. The predicted molar refractivity (Wildman–Crippen MR) is 185 cm³/mol. The van der Waals surface area contributed by atoms with Crippen molar-refractivity contribution < 1.29 is 41.8 Å². The lowest BCUT2D eigenvalue weighted by atomic mass is 9.68. The first-order chi connectivity index (χ1) is 24.9. The second-order valence-corrected chi connectivity index (χ2v) is 15.4. The topological polar surface area (TPSA) is 135 Å². The normalized spacial score (nSPS) is 25.8. The number of carbonyl (C=O) groups is 4. The Morgan fingerprint density at radius 3 is 2.37 bits per heavy atom. The molecule has 2 aliphatic carbocycles. The van der Waals surface area contributed by atoms with Gasteiger partial charge in [0.05, 0.1) is 40.3 Å². The van der Waals surface area contributed by atoms with Gasteiger partial charge >= 0.3 is 17.0 Å². The molecule has 52 heavy (non-hydrogen) atoms. The number of esters is 1. The summed E-state index contributed by atoms with van der Waals surface area (Å²) in [4.78, 5) is 70.2. The molecule has 4 aromatic rings. The number of halogens is 3. The zero-order valence-corrected chi connectivity index (χ0v) is 29.0. The Morgan fingerprint density at radius 1 is 0.962 bits per heavy atom. The van der Waals surface area contributed by atoms with Crippen LogP contribution in [0.2, 0.25) is 0 Å². The molecule has 3 fully saturated rings. The van der Waals surface area contributed by atoms with E-state index >= 15 is 0 Å². The number of aromatic nitrogens is 1. The fourth-order valence-electron chi connectivity index (χ4n) is 8.50. The zero-order valence-electron chi connectivity index (χ0n) is 27.3. The summed E-state index contributed by atoms with van der Waals surface area (Å²) in [5.41, 5.74) is 0.738. The Balaban J connectivity index is 1.01. The van der Waals surface area contributed by atoms with Gasteiger partial charge in [-0.15, -0.1) is 11.8 Å². The van der Waals surface area contributed by atoms with Crippen LogP contribution in [0.4, 0.5) is 24.5 Å². The molecular weight excluding hydrogens is 720 g/mol. The van der Waals surface area contributed by atoms with E-state index in [-0.39, 0.29) is 57.9 Å². The van der Waals surface area contributed by atoms with Crippen LogP contribution in [0.1, 0.15) is 45.6 Å². The minimum absolute atomic E-state index is 0.00429. The highest BCUT2D eigenvalue weighted by Crippen LogP contribution is 2.68. The smallest absolute Gasteiger partial charge is 0.416 e. The fraction of sp³-hybridized carbons (Fsp3) is 0.324. The average molecular weight is 750 g/mol. The summed E-state index contributed by atoms with van der Waals surface area (Å²) >= 11 is 2.71. The number of thiazole rings is 1. The third-order valence-electron chi connectivity index (χ3n) is 10.4. The predicted octanol–water partition coefficient (Wildman–Crippen LogP) is 6.33. The molecule has 2 bridgehead atoms. The molecule has 0 radical (unpaired) electrons. The van der Waals surface area contributed by atoms with E-state index in [0.29, 0.717) is 23.4 Å². The van der Waals surface area contributed by atoms with Gasteiger partial charge in [-0.1, -0.05) is 29.5 Å². The standard InChI is InChI=1S/C37H30F3N3O7S2/c1-2-49-35(47)18-6-10-21(11-7-18)43-33(45)28-23-15-24(29(28)34(43)46)30-27(23)26(31-32(51-30)42-36(48)52-31)17-8-12-22(13-9-17)50-16-25(44)41-20-5-3-4-19(14-20)37(38,39)40/h3-14,23-24,26-30H,2,15-16H2,1H3,(H,41,44)(H,42,48)/t23-,24-,26-,27?,28?,29?,30?/m1/s1. The molecule has 15 heteroatoms. The van der Waals surface area contributed by atoms with Crippen molar-refractivity contribution in [3.8, 4) is 5.75 Å². The zero-order chi connectivity index (χ0) is 36.5. The summed E-state index contributed by atoms with van der Waals surface area (Å²) in [5.74, 6) is -2.72. The highest BCUT2D eigenvalue weighted by atomic mass is 32.2. The quantitative estimate of drug-likeness (QED) is 0.158. The van der Waals surface area contributed by atoms with Gasteiger partial charge < -0.3 is 19.8 Å². The molecule has 2 N–H and O–H groups in total. The number of amides is 3. The van der Waals surface area contributed by atoms with Crippen molar-refractivity contribution in [2.45, 2.75) is 35.7 Å². The number of benzene rings is 3. The van der Waals surface area contributed by atoms with E-state index in [1.54, 1.807) is 55.1 Å². The van der Waals surface area contributed by atoms with Crippen LogP contribution >= 0.6 is 23.1 Å². The Kier molecular flexibility index (Phi) is 8.52. The number of rotatable bonds is 8. The molecule has 0 spiro atoms. The summed E-state index contributed by atoms with van der Waals surface area (Å²) < 4.78 is 49.9. The van der Waals surface area contributed by atoms with Crippen molar-refractivity contribution >= 4 is 58.2 Å². The highest BCUT2D eigenvalue weighted by molar-refractivity contribution is 8.00. The number of hydrogen-bond donors (Lipinski definition) is 2. The fourth-order valence-corrected chi connectivity index (χ4v) is 11.4. The number of thioether (sulfide) groups is 1. The van der Waals surface area contributed by atoms with E-state index in [1.165, 1.54) is 17.0 Å². The van der Waals surface area contributed by atoms with Gasteiger partial charge in [0.25, 0.3) is 5.91 Å². The van der Waals surface area contributed by atoms with Gasteiger partial charge in [0.15, 0.2) is 6.61 Å². The van der Waals surface area contributed by atoms with Crippen LogP contribution in [-0.2, 0) is 25.3 Å². The average Bonchev–Trinajstić information content (AvgIpc) is 3.86. The summed E-state index contributed by atoms with van der Waals surface area (Å²) in [7, 11) is 0. The van der Waals surface area contributed by atoms with Crippen LogP contribution in [0.3, 0.4) is 0 Å². The second kappa shape index (κ2) is 13.0. The van der Waals surface area contributed by atoms with Crippen LogP contribution in [0.15, 0.2) is 82.6 Å². The lowest BCUT2D eigenvalue weighted by Crippen LogP contribution is -2.42. The maximum Gasteiger partial charge on any atom is 0.416 e. The molecule has 3 heterocycles. The molecular formula is C37H30F3N3O7S2. The molecule has 1 aromatic heterocycles. The molecule has 7 atom stereocenters. The largest absolute Gasteiger partial charge is 0.484 e. The number of ether oxygens (including phenoxy) is 2. The third kappa shape index (κ3) is 5.79. The molecule has 10 nitrogen and oxygen atoms in total. The number of imide groups is 1. The minimum atomic E-state index is -4.54. The maximum atomic E-state index is 14.1. The van der Waals surface area contributed by atoms with Gasteiger partial charge in [-0.25, -0.2) is 4.79 Å². The molecule has 1 saturated heterocycles. The number of carbonyl (C=O) groups excluding carboxylic acids is 4. The van der Waals surface area contributed by atoms with E-state index in [1.807, 2.05) is 12.1 Å². The van der Waals surface area contributed by atoms with Crippen molar-refractivity contribution in [1.82, 2.24) is 4.98 Å². The first kappa shape index (κ1) is 34.2. The monoisotopic (exact) mass is 749 g/mol. The van der Waals surface area contributed by atoms with Crippen molar-refractivity contribution in [2.75, 3.05) is 23.4 Å². The Bertz CT molecular complexity index is 2150. The number of fused-ring (bicyclic) bond motifs is 9. The van der Waals surface area contributed by atoms with Crippen molar-refractivity contribution in [2.24, 2.45) is 29.6 Å². The number of hydrogen-bond acceptors (Lipinski definition) is 9. The van der Waals surface area contributed by atoms with Crippen LogP contribution < -0.4 is 19.8 Å². The van der Waals surface area contributed by atoms with Gasteiger partial charge in [-0.2, -0.15) is 13.2 Å². The third-order valence-corrected chi connectivity index (χ3v) is 13.0. The maximum absolute atomic E-state index is 14.1. The molecule has 3 amide bonds.